The number of nitrogens with one attached hydrogen (secondary N) is 1. The lowest BCUT2D eigenvalue weighted by Gasteiger charge is -2.43. The molecular formula is C16H21N3. The maximum atomic E-state index is 4.38. The van der Waals surface area contributed by atoms with E-state index in [-0.39, 0.29) is 5.41 Å². The fourth-order valence-electron chi connectivity index (χ4n) is 2.83. The number of hydrogen-bond donors (Lipinski definition) is 1. The van der Waals surface area contributed by atoms with E-state index < -0.39 is 0 Å². The molecule has 0 unspecified atom stereocenters. The number of rotatable bonds is 4. The molecular weight excluding hydrogens is 234 g/mol. The molecule has 0 radical (unpaired) electrons. The Hall–Kier alpha value is -1.61. The first-order chi connectivity index (χ1) is 9.22. The first kappa shape index (κ1) is 12.4. The summed E-state index contributed by atoms with van der Waals surface area (Å²) in [4.78, 5) is 0. The molecule has 2 aromatic rings. The van der Waals surface area contributed by atoms with Gasteiger partial charge in [-0.25, -0.2) is 0 Å². The van der Waals surface area contributed by atoms with E-state index in [0.717, 1.165) is 26.1 Å². The largest absolute Gasteiger partial charge is 0.315 e. The monoisotopic (exact) mass is 255 g/mol. The lowest BCUT2D eigenvalue weighted by molar-refractivity contribution is 0.274. The Morgan fingerprint density at radius 3 is 2.53 bits per heavy atom. The zero-order chi connectivity index (χ0) is 13.3. The molecule has 1 N–H and O–H groups in total. The first-order valence-corrected chi connectivity index (χ1v) is 7.01. The van der Waals surface area contributed by atoms with Crippen molar-refractivity contribution >= 4 is 0 Å². The quantitative estimate of drug-likeness (QED) is 0.908. The molecule has 1 saturated heterocycles. The molecule has 100 valence electrons. The smallest absolute Gasteiger partial charge is 0.0522 e. The Bertz CT molecular complexity index is 550. The van der Waals surface area contributed by atoms with Gasteiger partial charge in [-0.15, -0.1) is 0 Å². The van der Waals surface area contributed by atoms with Gasteiger partial charge in [0.1, 0.15) is 0 Å². The summed E-state index contributed by atoms with van der Waals surface area (Å²) in [6.45, 7) is 7.33. The van der Waals surface area contributed by atoms with Gasteiger partial charge in [-0.3, -0.25) is 4.68 Å². The van der Waals surface area contributed by atoms with Gasteiger partial charge in [0.2, 0.25) is 0 Å². The van der Waals surface area contributed by atoms with E-state index in [1.165, 1.54) is 16.7 Å². The summed E-state index contributed by atoms with van der Waals surface area (Å²) in [6, 6.07) is 8.98. The molecule has 3 rings (SSSR count). The average Bonchev–Trinajstić information content (AvgIpc) is 2.83. The van der Waals surface area contributed by atoms with Crippen LogP contribution in [0.1, 0.15) is 23.6 Å². The van der Waals surface area contributed by atoms with Crippen LogP contribution in [0, 0.1) is 6.92 Å². The predicted octanol–water partition coefficient (Wildman–Crippen LogP) is 2.30. The van der Waals surface area contributed by atoms with Crippen LogP contribution in [-0.4, -0.2) is 22.9 Å². The minimum absolute atomic E-state index is 0.259. The van der Waals surface area contributed by atoms with Crippen molar-refractivity contribution in [2.24, 2.45) is 0 Å². The third-order valence-corrected chi connectivity index (χ3v) is 4.14. The van der Waals surface area contributed by atoms with E-state index in [0.29, 0.717) is 0 Å². The molecule has 2 heterocycles. The first-order valence-electron chi connectivity index (χ1n) is 7.01. The number of benzene rings is 1. The van der Waals surface area contributed by atoms with Crippen molar-refractivity contribution < 1.29 is 0 Å². The number of hydrogen-bond acceptors (Lipinski definition) is 2. The topological polar surface area (TPSA) is 29.9 Å². The molecule has 0 atom stereocenters. The van der Waals surface area contributed by atoms with Crippen LogP contribution in [-0.2, 0) is 18.4 Å². The molecule has 0 aliphatic carbocycles. The third-order valence-electron chi connectivity index (χ3n) is 4.14. The van der Waals surface area contributed by atoms with Crippen molar-refractivity contribution in [2.45, 2.75) is 32.2 Å². The third kappa shape index (κ3) is 2.30. The number of aromatic nitrogens is 2. The minimum atomic E-state index is 0.259. The van der Waals surface area contributed by atoms with Crippen LogP contribution in [0.5, 0.6) is 0 Å². The van der Waals surface area contributed by atoms with E-state index in [2.05, 4.69) is 54.7 Å². The van der Waals surface area contributed by atoms with Crippen molar-refractivity contribution in [3.05, 3.63) is 53.3 Å². The highest BCUT2D eigenvalue weighted by Crippen LogP contribution is 2.32. The Morgan fingerprint density at radius 1 is 1.26 bits per heavy atom. The van der Waals surface area contributed by atoms with Crippen molar-refractivity contribution in [3.8, 4) is 0 Å². The highest BCUT2D eigenvalue weighted by atomic mass is 15.3. The maximum absolute atomic E-state index is 4.38. The van der Waals surface area contributed by atoms with Crippen molar-refractivity contribution in [1.82, 2.24) is 15.1 Å². The fourth-order valence-corrected chi connectivity index (χ4v) is 2.83. The van der Waals surface area contributed by atoms with Gasteiger partial charge in [-0.1, -0.05) is 29.8 Å². The lowest BCUT2D eigenvalue weighted by Crippen LogP contribution is -2.58. The molecule has 1 aromatic heterocycles. The summed E-state index contributed by atoms with van der Waals surface area (Å²) in [5, 5.41) is 7.81. The lowest BCUT2D eigenvalue weighted by atomic mass is 9.71. The second kappa shape index (κ2) is 4.82. The van der Waals surface area contributed by atoms with Gasteiger partial charge in [0.25, 0.3) is 0 Å². The molecule has 1 fully saturated rings. The van der Waals surface area contributed by atoms with Crippen molar-refractivity contribution in [3.63, 3.8) is 0 Å². The van der Waals surface area contributed by atoms with Crippen LogP contribution in [0.2, 0.25) is 0 Å². The van der Waals surface area contributed by atoms with Gasteiger partial charge in [-0.05, 0) is 31.4 Å². The Morgan fingerprint density at radius 2 is 2.00 bits per heavy atom. The summed E-state index contributed by atoms with van der Waals surface area (Å²) in [7, 11) is 0. The summed E-state index contributed by atoms with van der Waals surface area (Å²) < 4.78 is 2.00. The van der Waals surface area contributed by atoms with Gasteiger partial charge in [0.15, 0.2) is 0 Å². The van der Waals surface area contributed by atoms with E-state index in [9.17, 15) is 0 Å². The van der Waals surface area contributed by atoms with Gasteiger partial charge in [0, 0.05) is 31.2 Å². The van der Waals surface area contributed by atoms with Gasteiger partial charge < -0.3 is 5.32 Å². The number of nitrogens with zero attached hydrogens (tertiary/aromatic N) is 2. The normalized spacial score (nSPS) is 17.2. The number of aryl methyl sites for hydroxylation is 2. The second-order valence-corrected chi connectivity index (χ2v) is 5.63. The summed E-state index contributed by atoms with van der Waals surface area (Å²) in [5.41, 5.74) is 4.37. The zero-order valence-electron chi connectivity index (χ0n) is 11.7. The van der Waals surface area contributed by atoms with Crippen LogP contribution in [0.3, 0.4) is 0 Å². The molecule has 1 aliphatic heterocycles. The summed E-state index contributed by atoms with van der Waals surface area (Å²) in [5.74, 6) is 0. The highest BCUT2D eigenvalue weighted by Gasteiger charge is 2.38. The van der Waals surface area contributed by atoms with E-state index in [1.807, 2.05) is 10.9 Å². The molecule has 0 spiro atoms. The van der Waals surface area contributed by atoms with Gasteiger partial charge in [-0.2, -0.15) is 5.10 Å². The molecule has 19 heavy (non-hydrogen) atoms. The standard InChI is InChI=1S/C16H21N3/c1-3-19-10-14(9-18-19)8-16(11-17-12-16)15-6-4-13(2)5-7-15/h4-7,9-10,17H,3,8,11-12H2,1-2H3. The molecule has 3 nitrogen and oxygen atoms in total. The molecule has 3 heteroatoms. The highest BCUT2D eigenvalue weighted by molar-refractivity contribution is 5.34. The molecule has 1 aromatic carbocycles. The fraction of sp³-hybridized carbons (Fsp3) is 0.438. The van der Waals surface area contributed by atoms with E-state index >= 15 is 0 Å². The molecule has 0 saturated carbocycles. The molecule has 0 amide bonds. The van der Waals surface area contributed by atoms with E-state index in [1.54, 1.807) is 0 Å². The van der Waals surface area contributed by atoms with Crippen LogP contribution >= 0.6 is 0 Å². The maximum Gasteiger partial charge on any atom is 0.0522 e. The summed E-state index contributed by atoms with van der Waals surface area (Å²) >= 11 is 0. The second-order valence-electron chi connectivity index (χ2n) is 5.63. The Kier molecular flexibility index (Phi) is 3.15. The zero-order valence-corrected chi connectivity index (χ0v) is 11.7. The van der Waals surface area contributed by atoms with Crippen LogP contribution in [0.15, 0.2) is 36.7 Å². The summed E-state index contributed by atoms with van der Waals surface area (Å²) in [6.07, 6.45) is 5.26. The van der Waals surface area contributed by atoms with Crippen LogP contribution in [0.4, 0.5) is 0 Å². The van der Waals surface area contributed by atoms with Gasteiger partial charge in [0.05, 0.1) is 6.20 Å². The predicted molar refractivity (Wildman–Crippen MR) is 77.3 cm³/mol. The minimum Gasteiger partial charge on any atom is -0.315 e. The SMILES string of the molecule is CCn1cc(CC2(c3ccc(C)cc3)CNC2)cn1. The van der Waals surface area contributed by atoms with Crippen molar-refractivity contribution in [2.75, 3.05) is 13.1 Å². The van der Waals surface area contributed by atoms with Crippen LogP contribution < -0.4 is 5.32 Å². The molecule has 1 aliphatic rings. The van der Waals surface area contributed by atoms with Crippen molar-refractivity contribution in [1.29, 1.82) is 0 Å². The van der Waals surface area contributed by atoms with Crippen LogP contribution in [0.25, 0.3) is 0 Å². The molecule has 0 bridgehead atoms. The van der Waals surface area contributed by atoms with E-state index in [4.69, 9.17) is 0 Å². The average molecular weight is 255 g/mol. The Balaban J connectivity index is 1.84. The Labute approximate surface area is 114 Å². The van der Waals surface area contributed by atoms with Gasteiger partial charge >= 0.3 is 0 Å².